The number of hydrogen-bond acceptors (Lipinski definition) is 4. The van der Waals surface area contributed by atoms with Crippen LogP contribution < -0.4 is 4.90 Å². The van der Waals surface area contributed by atoms with Crippen LogP contribution in [0.4, 0.5) is 11.4 Å². The smallest absolute Gasteiger partial charge is 0.269 e. The second kappa shape index (κ2) is 7.04. The number of anilines is 1. The van der Waals surface area contributed by atoms with Gasteiger partial charge in [-0.3, -0.25) is 15.1 Å². The molecule has 0 N–H and O–H groups in total. The third-order valence-electron chi connectivity index (χ3n) is 3.22. The van der Waals surface area contributed by atoms with Crippen molar-refractivity contribution < 1.29 is 4.92 Å². The molecule has 6 heteroatoms. The third kappa shape index (κ3) is 3.70. The molecule has 0 aliphatic carbocycles. The summed E-state index contributed by atoms with van der Waals surface area (Å²) in [5.74, 6) is 0.232. The van der Waals surface area contributed by atoms with Crippen LogP contribution in [0.25, 0.3) is 0 Å². The highest BCUT2D eigenvalue weighted by Crippen LogP contribution is 2.27. The second-order valence-corrected chi connectivity index (χ2v) is 4.81. The predicted octanol–water partition coefficient (Wildman–Crippen LogP) is 3.76. The number of nitrogens with zero attached hydrogens (tertiary/aromatic N) is 3. The molecule has 110 valence electrons. The average molecular weight is 306 g/mol. The maximum absolute atomic E-state index is 10.8. The van der Waals surface area contributed by atoms with E-state index in [0.717, 1.165) is 23.5 Å². The molecule has 0 aliphatic rings. The normalized spacial score (nSPS) is 10.4. The molecule has 0 unspecified atom stereocenters. The van der Waals surface area contributed by atoms with Gasteiger partial charge in [0.2, 0.25) is 0 Å². The Morgan fingerprint density at radius 2 is 2.14 bits per heavy atom. The van der Waals surface area contributed by atoms with Crippen LogP contribution >= 0.6 is 11.6 Å². The fourth-order valence-electron chi connectivity index (χ4n) is 2.16. The van der Waals surface area contributed by atoms with E-state index in [1.165, 1.54) is 12.1 Å². The third-order valence-corrected chi connectivity index (χ3v) is 3.51. The Balaban J connectivity index is 2.31. The lowest BCUT2D eigenvalue weighted by atomic mass is 10.1. The fourth-order valence-corrected chi connectivity index (χ4v) is 2.37. The molecule has 0 bridgehead atoms. The van der Waals surface area contributed by atoms with E-state index in [1.807, 2.05) is 25.1 Å². The summed E-state index contributed by atoms with van der Waals surface area (Å²) in [4.78, 5) is 16.9. The van der Waals surface area contributed by atoms with Gasteiger partial charge < -0.3 is 4.90 Å². The first kappa shape index (κ1) is 15.3. The summed E-state index contributed by atoms with van der Waals surface area (Å²) in [6.07, 6.45) is 1.75. The molecule has 21 heavy (non-hydrogen) atoms. The SMILES string of the molecule is CCN(Cc1ccccn1)c1ccc([N+](=O)[O-])cc1CCl. The van der Waals surface area contributed by atoms with Crippen LogP contribution in [-0.2, 0) is 12.4 Å². The maximum Gasteiger partial charge on any atom is 0.269 e. The average Bonchev–Trinajstić information content (AvgIpc) is 2.53. The largest absolute Gasteiger partial charge is 0.366 e. The van der Waals surface area contributed by atoms with Crippen molar-refractivity contribution in [1.29, 1.82) is 0 Å². The van der Waals surface area contributed by atoms with Crippen molar-refractivity contribution in [3.63, 3.8) is 0 Å². The molecule has 0 aliphatic heterocycles. The molecule has 0 radical (unpaired) electrons. The molecule has 0 fully saturated rings. The van der Waals surface area contributed by atoms with Gasteiger partial charge in [0.25, 0.3) is 5.69 Å². The van der Waals surface area contributed by atoms with Gasteiger partial charge in [0.15, 0.2) is 0 Å². The van der Waals surface area contributed by atoms with Gasteiger partial charge in [0.1, 0.15) is 0 Å². The number of nitro benzene ring substituents is 1. The highest BCUT2D eigenvalue weighted by atomic mass is 35.5. The first-order chi connectivity index (χ1) is 10.2. The standard InChI is InChI=1S/C15H16ClN3O2/c1-2-18(11-13-5-3-4-8-17-13)15-7-6-14(19(20)21)9-12(15)10-16/h3-9H,2,10-11H2,1H3. The zero-order chi connectivity index (χ0) is 15.2. The monoisotopic (exact) mass is 305 g/mol. The highest BCUT2D eigenvalue weighted by molar-refractivity contribution is 6.17. The van der Waals surface area contributed by atoms with Crippen molar-refractivity contribution in [2.45, 2.75) is 19.3 Å². The topological polar surface area (TPSA) is 59.3 Å². The van der Waals surface area contributed by atoms with Crippen LogP contribution in [0.5, 0.6) is 0 Å². The summed E-state index contributed by atoms with van der Waals surface area (Å²) in [5.41, 5.74) is 2.66. The molecule has 2 rings (SSSR count). The first-order valence-electron chi connectivity index (χ1n) is 6.63. The molecule has 2 aromatic rings. The van der Waals surface area contributed by atoms with E-state index < -0.39 is 4.92 Å². The molecular weight excluding hydrogens is 290 g/mol. The van der Waals surface area contributed by atoms with Crippen LogP contribution in [0.2, 0.25) is 0 Å². The van der Waals surface area contributed by atoms with Gasteiger partial charge in [-0.2, -0.15) is 0 Å². The van der Waals surface area contributed by atoms with Gasteiger partial charge in [-0.05, 0) is 30.7 Å². The van der Waals surface area contributed by atoms with E-state index in [-0.39, 0.29) is 11.6 Å². The Morgan fingerprint density at radius 3 is 2.71 bits per heavy atom. The quantitative estimate of drug-likeness (QED) is 0.463. The molecule has 5 nitrogen and oxygen atoms in total. The van der Waals surface area contributed by atoms with Crippen LogP contribution in [0.3, 0.4) is 0 Å². The minimum Gasteiger partial charge on any atom is -0.366 e. The van der Waals surface area contributed by atoms with Crippen molar-refractivity contribution in [1.82, 2.24) is 4.98 Å². The molecule has 0 saturated carbocycles. The number of aromatic nitrogens is 1. The van der Waals surface area contributed by atoms with E-state index >= 15 is 0 Å². The van der Waals surface area contributed by atoms with E-state index in [9.17, 15) is 10.1 Å². The van der Waals surface area contributed by atoms with Crippen molar-refractivity contribution in [2.24, 2.45) is 0 Å². The molecule has 0 amide bonds. The van der Waals surface area contributed by atoms with Crippen molar-refractivity contribution in [2.75, 3.05) is 11.4 Å². The van der Waals surface area contributed by atoms with Gasteiger partial charge >= 0.3 is 0 Å². The van der Waals surface area contributed by atoms with Gasteiger partial charge in [0, 0.05) is 36.4 Å². The molecule has 1 aromatic carbocycles. The molecule has 0 spiro atoms. The lowest BCUT2D eigenvalue weighted by Gasteiger charge is -2.24. The van der Waals surface area contributed by atoms with Crippen LogP contribution in [0.15, 0.2) is 42.6 Å². The number of hydrogen-bond donors (Lipinski definition) is 0. The summed E-state index contributed by atoms with van der Waals surface area (Å²) in [6, 6.07) is 10.6. The molecule has 1 heterocycles. The zero-order valence-corrected chi connectivity index (χ0v) is 12.5. The number of benzene rings is 1. The van der Waals surface area contributed by atoms with E-state index in [4.69, 9.17) is 11.6 Å². The number of non-ortho nitro benzene ring substituents is 1. The number of pyridine rings is 1. The van der Waals surface area contributed by atoms with Crippen LogP contribution in [0, 0.1) is 10.1 Å². The number of nitro groups is 1. The van der Waals surface area contributed by atoms with Gasteiger partial charge in [-0.1, -0.05) is 6.07 Å². The summed E-state index contributed by atoms with van der Waals surface area (Å²) in [6.45, 7) is 3.43. The minimum absolute atomic E-state index is 0.0586. The molecule has 0 saturated heterocycles. The van der Waals surface area contributed by atoms with Crippen molar-refractivity contribution in [3.8, 4) is 0 Å². The number of rotatable bonds is 6. The van der Waals surface area contributed by atoms with Crippen molar-refractivity contribution >= 4 is 23.0 Å². The summed E-state index contributed by atoms with van der Waals surface area (Å²) >= 11 is 5.95. The summed E-state index contributed by atoms with van der Waals surface area (Å²) in [7, 11) is 0. The van der Waals surface area contributed by atoms with Crippen molar-refractivity contribution in [3.05, 3.63) is 64.0 Å². The Bertz CT molecular complexity index is 620. The lowest BCUT2D eigenvalue weighted by Crippen LogP contribution is -2.23. The van der Waals surface area contributed by atoms with Gasteiger partial charge in [0.05, 0.1) is 17.2 Å². The summed E-state index contributed by atoms with van der Waals surface area (Å²) in [5, 5.41) is 10.8. The Labute approximate surface area is 128 Å². The Kier molecular flexibility index (Phi) is 5.11. The Hall–Kier alpha value is -2.14. The molecule has 0 atom stereocenters. The molecular formula is C15H16ClN3O2. The van der Waals surface area contributed by atoms with E-state index in [2.05, 4.69) is 9.88 Å². The Morgan fingerprint density at radius 1 is 1.33 bits per heavy atom. The minimum atomic E-state index is -0.408. The summed E-state index contributed by atoms with van der Waals surface area (Å²) < 4.78 is 0. The maximum atomic E-state index is 10.8. The lowest BCUT2D eigenvalue weighted by molar-refractivity contribution is -0.384. The first-order valence-corrected chi connectivity index (χ1v) is 7.17. The molecule has 1 aromatic heterocycles. The zero-order valence-electron chi connectivity index (χ0n) is 11.7. The van der Waals surface area contributed by atoms with Crippen LogP contribution in [0.1, 0.15) is 18.2 Å². The van der Waals surface area contributed by atoms with Gasteiger partial charge in [-0.25, -0.2) is 0 Å². The van der Waals surface area contributed by atoms with E-state index in [0.29, 0.717) is 6.54 Å². The predicted molar refractivity (Wildman–Crippen MR) is 83.6 cm³/mol. The second-order valence-electron chi connectivity index (χ2n) is 4.54. The van der Waals surface area contributed by atoms with Crippen LogP contribution in [-0.4, -0.2) is 16.5 Å². The van der Waals surface area contributed by atoms with E-state index in [1.54, 1.807) is 12.3 Å². The van der Waals surface area contributed by atoms with Gasteiger partial charge in [-0.15, -0.1) is 11.6 Å². The number of alkyl halides is 1. The fraction of sp³-hybridized carbons (Fsp3) is 0.267. The number of halogens is 1. The highest BCUT2D eigenvalue weighted by Gasteiger charge is 2.15.